The largest absolute Gasteiger partial charge is 0.325 e. The van der Waals surface area contributed by atoms with E-state index in [1.54, 1.807) is 23.1 Å². The van der Waals surface area contributed by atoms with Crippen molar-refractivity contribution in [2.45, 2.75) is 13.3 Å². The summed E-state index contributed by atoms with van der Waals surface area (Å²) in [6.45, 7) is 2.45. The molecule has 6 heteroatoms. The standard InChI is InChI=1S/C18H16Cl2N2O2/c1-11-2-4-12(5-3-11)21-17(23)14-8-9-22(18(14)24)13-6-7-15(19)16(20)10-13/h2-7,10,14H,8-9H2,1H3,(H,21,23). The number of nitrogens with one attached hydrogen (secondary N) is 1. The zero-order chi connectivity index (χ0) is 17.3. The molecule has 1 heterocycles. The SMILES string of the molecule is Cc1ccc(NC(=O)C2CCN(c3ccc(Cl)c(Cl)c3)C2=O)cc1. The lowest BCUT2D eigenvalue weighted by Gasteiger charge is -2.17. The molecule has 1 unspecified atom stereocenters. The van der Waals surface area contributed by atoms with Gasteiger partial charge in [-0.2, -0.15) is 0 Å². The molecule has 3 rings (SSSR count). The van der Waals surface area contributed by atoms with Crippen LogP contribution in [0.1, 0.15) is 12.0 Å². The first-order chi connectivity index (χ1) is 11.5. The van der Waals surface area contributed by atoms with E-state index >= 15 is 0 Å². The number of carbonyl (C=O) groups excluding carboxylic acids is 2. The van der Waals surface area contributed by atoms with E-state index in [4.69, 9.17) is 23.2 Å². The molecule has 2 aromatic rings. The molecule has 124 valence electrons. The van der Waals surface area contributed by atoms with E-state index in [9.17, 15) is 9.59 Å². The number of anilines is 2. The summed E-state index contributed by atoms with van der Waals surface area (Å²) in [6.07, 6.45) is 0.469. The summed E-state index contributed by atoms with van der Waals surface area (Å²) >= 11 is 11.9. The van der Waals surface area contributed by atoms with Crippen LogP contribution in [0, 0.1) is 12.8 Å². The number of rotatable bonds is 3. The van der Waals surface area contributed by atoms with Gasteiger partial charge in [-0.05, 0) is 43.7 Å². The summed E-state index contributed by atoms with van der Waals surface area (Å²) in [7, 11) is 0. The number of hydrogen-bond donors (Lipinski definition) is 1. The number of hydrogen-bond acceptors (Lipinski definition) is 2. The summed E-state index contributed by atoms with van der Waals surface area (Å²) in [5.41, 5.74) is 2.45. The topological polar surface area (TPSA) is 49.4 Å². The Morgan fingerprint density at radius 1 is 1.12 bits per heavy atom. The van der Waals surface area contributed by atoms with Gasteiger partial charge in [0.2, 0.25) is 11.8 Å². The lowest BCUT2D eigenvalue weighted by atomic mass is 10.1. The number of amides is 2. The van der Waals surface area contributed by atoms with Gasteiger partial charge in [-0.25, -0.2) is 0 Å². The molecular weight excluding hydrogens is 347 g/mol. The number of halogens is 2. The van der Waals surface area contributed by atoms with Gasteiger partial charge in [-0.1, -0.05) is 40.9 Å². The fraction of sp³-hybridized carbons (Fsp3) is 0.222. The van der Waals surface area contributed by atoms with E-state index in [0.717, 1.165) is 5.56 Å². The molecule has 24 heavy (non-hydrogen) atoms. The second-order valence-corrected chi connectivity index (χ2v) is 6.60. The summed E-state index contributed by atoms with van der Waals surface area (Å²) in [5.74, 6) is -1.20. The molecule has 0 spiro atoms. The van der Waals surface area contributed by atoms with Crippen LogP contribution in [-0.2, 0) is 9.59 Å². The van der Waals surface area contributed by atoms with Crippen molar-refractivity contribution in [3.63, 3.8) is 0 Å². The van der Waals surface area contributed by atoms with E-state index < -0.39 is 5.92 Å². The quantitative estimate of drug-likeness (QED) is 0.827. The smallest absolute Gasteiger partial charge is 0.239 e. The van der Waals surface area contributed by atoms with Crippen LogP contribution in [0.2, 0.25) is 10.0 Å². The van der Waals surface area contributed by atoms with Crippen molar-refractivity contribution in [3.8, 4) is 0 Å². The van der Waals surface area contributed by atoms with Gasteiger partial charge >= 0.3 is 0 Å². The van der Waals surface area contributed by atoms with Crippen LogP contribution in [0.3, 0.4) is 0 Å². The van der Waals surface area contributed by atoms with Crippen molar-refractivity contribution in [3.05, 3.63) is 58.1 Å². The minimum Gasteiger partial charge on any atom is -0.325 e. The van der Waals surface area contributed by atoms with Crippen LogP contribution in [0.25, 0.3) is 0 Å². The zero-order valence-electron chi connectivity index (χ0n) is 13.1. The third kappa shape index (κ3) is 3.40. The Morgan fingerprint density at radius 2 is 1.83 bits per heavy atom. The molecule has 0 bridgehead atoms. The highest BCUT2D eigenvalue weighted by Gasteiger charge is 2.37. The third-order valence-electron chi connectivity index (χ3n) is 4.06. The molecule has 1 N–H and O–H groups in total. The Balaban J connectivity index is 1.72. The maximum absolute atomic E-state index is 12.6. The number of carbonyl (C=O) groups is 2. The molecule has 1 saturated heterocycles. The number of aryl methyl sites for hydroxylation is 1. The van der Waals surface area contributed by atoms with Crippen LogP contribution in [-0.4, -0.2) is 18.4 Å². The van der Waals surface area contributed by atoms with Crippen molar-refractivity contribution in [1.82, 2.24) is 0 Å². The maximum atomic E-state index is 12.6. The highest BCUT2D eigenvalue weighted by molar-refractivity contribution is 6.42. The predicted octanol–water partition coefficient (Wildman–Crippen LogP) is 4.29. The third-order valence-corrected chi connectivity index (χ3v) is 4.79. The normalized spacial score (nSPS) is 17.2. The van der Waals surface area contributed by atoms with Gasteiger partial charge in [0, 0.05) is 17.9 Å². The Labute approximate surface area is 150 Å². The van der Waals surface area contributed by atoms with Crippen LogP contribution >= 0.6 is 23.2 Å². The summed E-state index contributed by atoms with van der Waals surface area (Å²) in [5, 5.41) is 3.62. The summed E-state index contributed by atoms with van der Waals surface area (Å²) < 4.78 is 0. The summed E-state index contributed by atoms with van der Waals surface area (Å²) in [4.78, 5) is 26.6. The Kier molecular flexibility index (Phi) is 4.78. The van der Waals surface area contributed by atoms with E-state index in [1.807, 2.05) is 31.2 Å². The summed E-state index contributed by atoms with van der Waals surface area (Å²) in [6, 6.07) is 12.5. The van der Waals surface area contributed by atoms with Gasteiger partial charge < -0.3 is 10.2 Å². The second-order valence-electron chi connectivity index (χ2n) is 5.78. The van der Waals surface area contributed by atoms with Crippen LogP contribution in [0.5, 0.6) is 0 Å². The lowest BCUT2D eigenvalue weighted by Crippen LogP contribution is -2.33. The Hall–Kier alpha value is -2.04. The zero-order valence-corrected chi connectivity index (χ0v) is 14.6. The fourth-order valence-corrected chi connectivity index (χ4v) is 2.99. The first-order valence-corrected chi connectivity index (χ1v) is 8.35. The monoisotopic (exact) mass is 362 g/mol. The van der Waals surface area contributed by atoms with Gasteiger partial charge in [0.25, 0.3) is 0 Å². The molecule has 0 saturated carbocycles. The molecule has 2 aromatic carbocycles. The number of benzene rings is 2. The minimum atomic E-state index is -0.694. The average Bonchev–Trinajstić information content (AvgIpc) is 2.94. The van der Waals surface area contributed by atoms with Crippen LogP contribution in [0.4, 0.5) is 11.4 Å². The van der Waals surface area contributed by atoms with Crippen molar-refractivity contribution in [2.75, 3.05) is 16.8 Å². The first-order valence-electron chi connectivity index (χ1n) is 7.59. The van der Waals surface area contributed by atoms with Gasteiger partial charge in [0.05, 0.1) is 10.0 Å². The number of nitrogens with zero attached hydrogens (tertiary/aromatic N) is 1. The molecule has 0 radical (unpaired) electrons. The highest BCUT2D eigenvalue weighted by Crippen LogP contribution is 2.31. The van der Waals surface area contributed by atoms with Crippen molar-refractivity contribution in [1.29, 1.82) is 0 Å². The fourth-order valence-electron chi connectivity index (χ4n) is 2.70. The lowest BCUT2D eigenvalue weighted by molar-refractivity contribution is -0.129. The molecule has 2 amide bonds. The van der Waals surface area contributed by atoms with Gasteiger partial charge in [-0.3, -0.25) is 9.59 Å². The van der Waals surface area contributed by atoms with Crippen LogP contribution < -0.4 is 10.2 Å². The molecule has 1 fully saturated rings. The van der Waals surface area contributed by atoms with Gasteiger partial charge in [0.1, 0.15) is 5.92 Å². The molecule has 1 atom stereocenters. The van der Waals surface area contributed by atoms with Crippen molar-refractivity contribution in [2.24, 2.45) is 5.92 Å². The Morgan fingerprint density at radius 3 is 2.50 bits per heavy atom. The molecular formula is C18H16Cl2N2O2. The van der Waals surface area contributed by atoms with Gasteiger partial charge in [-0.15, -0.1) is 0 Å². The second kappa shape index (κ2) is 6.83. The van der Waals surface area contributed by atoms with E-state index in [2.05, 4.69) is 5.32 Å². The molecule has 1 aliphatic rings. The van der Waals surface area contributed by atoms with Crippen molar-refractivity contribution >= 4 is 46.4 Å². The molecule has 1 aliphatic heterocycles. The van der Waals surface area contributed by atoms with E-state index in [1.165, 1.54) is 0 Å². The first kappa shape index (κ1) is 16.8. The Bertz CT molecular complexity index is 790. The van der Waals surface area contributed by atoms with Crippen molar-refractivity contribution < 1.29 is 9.59 Å². The van der Waals surface area contributed by atoms with Crippen LogP contribution in [0.15, 0.2) is 42.5 Å². The van der Waals surface area contributed by atoms with E-state index in [-0.39, 0.29) is 11.8 Å². The predicted molar refractivity (Wildman–Crippen MR) is 96.7 cm³/mol. The highest BCUT2D eigenvalue weighted by atomic mass is 35.5. The molecule has 0 aromatic heterocycles. The molecule has 0 aliphatic carbocycles. The maximum Gasteiger partial charge on any atom is 0.239 e. The minimum absolute atomic E-state index is 0.224. The van der Waals surface area contributed by atoms with Gasteiger partial charge in [0.15, 0.2) is 0 Å². The molecule has 4 nitrogen and oxygen atoms in total. The van der Waals surface area contributed by atoms with E-state index in [0.29, 0.717) is 34.4 Å². The average molecular weight is 363 g/mol.